The highest BCUT2D eigenvalue weighted by Crippen LogP contribution is 2.26. The molecule has 0 unspecified atom stereocenters. The molecule has 1 aromatic heterocycles. The fourth-order valence-corrected chi connectivity index (χ4v) is 3.67. The molecular weight excluding hydrogens is 354 g/mol. The molecule has 2 rings (SSSR count). The van der Waals surface area contributed by atoms with E-state index in [0.29, 0.717) is 11.0 Å². The lowest BCUT2D eigenvalue weighted by atomic mass is 10.3. The lowest BCUT2D eigenvalue weighted by Gasteiger charge is -2.12. The van der Waals surface area contributed by atoms with Crippen molar-refractivity contribution in [1.82, 2.24) is 14.9 Å². The molecule has 0 radical (unpaired) electrons. The fraction of sp³-hybridized carbons (Fsp3) is 0.267. The van der Waals surface area contributed by atoms with Crippen molar-refractivity contribution in [1.29, 1.82) is 0 Å². The summed E-state index contributed by atoms with van der Waals surface area (Å²) in [6, 6.07) is 6.70. The van der Waals surface area contributed by atoms with Crippen LogP contribution < -0.4 is 0 Å². The lowest BCUT2D eigenvalue weighted by molar-refractivity contribution is -0.137. The highest BCUT2D eigenvalue weighted by atomic mass is 35.5. The number of rotatable bonds is 5. The molecule has 9 heteroatoms. The first-order valence-corrected chi connectivity index (χ1v) is 8.86. The van der Waals surface area contributed by atoms with Crippen molar-refractivity contribution < 1.29 is 17.9 Å². The molecule has 0 spiro atoms. The highest BCUT2D eigenvalue weighted by Gasteiger charge is 2.33. The Labute approximate surface area is 144 Å². The summed E-state index contributed by atoms with van der Waals surface area (Å²) in [5, 5.41) is -0.785. The van der Waals surface area contributed by atoms with Gasteiger partial charge in [0.05, 0.1) is 17.6 Å². The van der Waals surface area contributed by atoms with Gasteiger partial charge >= 0.3 is 5.97 Å². The van der Waals surface area contributed by atoms with Crippen LogP contribution in [0.3, 0.4) is 0 Å². The van der Waals surface area contributed by atoms with Crippen molar-refractivity contribution in [3.8, 4) is 0 Å². The van der Waals surface area contributed by atoms with Gasteiger partial charge in [-0.05, 0) is 19.1 Å². The van der Waals surface area contributed by atoms with Gasteiger partial charge in [0.25, 0.3) is 0 Å². The van der Waals surface area contributed by atoms with Gasteiger partial charge in [-0.1, -0.05) is 23.7 Å². The second kappa shape index (κ2) is 7.14. The summed E-state index contributed by atoms with van der Waals surface area (Å²) in [7, 11) is -1.13. The first kappa shape index (κ1) is 18.2. The van der Waals surface area contributed by atoms with Gasteiger partial charge in [0.2, 0.25) is 9.84 Å². The van der Waals surface area contributed by atoms with Crippen LogP contribution in [0.25, 0.3) is 11.0 Å². The van der Waals surface area contributed by atoms with Crippen LogP contribution in [0.4, 0.5) is 0 Å². The van der Waals surface area contributed by atoms with Crippen molar-refractivity contribution in [3.05, 3.63) is 40.5 Å². The maximum absolute atomic E-state index is 12.9. The number of benzene rings is 1. The van der Waals surface area contributed by atoms with Crippen molar-refractivity contribution in [2.24, 2.45) is 0 Å². The number of nitrogens with zero attached hydrogens (tertiary/aromatic N) is 3. The summed E-state index contributed by atoms with van der Waals surface area (Å²) in [5.74, 6) is -0.975. The minimum Gasteiger partial charge on any atom is -0.462 e. The van der Waals surface area contributed by atoms with E-state index < -0.39 is 25.7 Å². The van der Waals surface area contributed by atoms with E-state index in [-0.39, 0.29) is 11.8 Å². The summed E-state index contributed by atoms with van der Waals surface area (Å²) < 4.78 is 30.6. The number of halogens is 1. The molecule has 7 nitrogen and oxygen atoms in total. The third-order valence-electron chi connectivity index (χ3n) is 2.89. The van der Waals surface area contributed by atoms with Crippen LogP contribution >= 0.6 is 11.6 Å². The molecule has 0 atom stereocenters. The first-order valence-electron chi connectivity index (χ1n) is 7.00. The monoisotopic (exact) mass is 369 g/mol. The Morgan fingerprint density at radius 3 is 2.38 bits per heavy atom. The van der Waals surface area contributed by atoms with Crippen molar-refractivity contribution in [3.63, 3.8) is 0 Å². The number of sulfone groups is 1. The van der Waals surface area contributed by atoms with Gasteiger partial charge in [0.15, 0.2) is 15.1 Å². The number of para-hydroxylation sites is 2. The van der Waals surface area contributed by atoms with Crippen LogP contribution in [0.1, 0.15) is 6.92 Å². The molecule has 0 bridgehead atoms. The van der Waals surface area contributed by atoms with Gasteiger partial charge in [-0.2, -0.15) is 0 Å². The first-order chi connectivity index (χ1) is 11.3. The molecule has 2 aromatic rings. The molecule has 1 heterocycles. The number of aromatic nitrogens is 2. The second-order valence-electron chi connectivity index (χ2n) is 4.99. The zero-order valence-corrected chi connectivity index (χ0v) is 14.9. The predicted octanol–water partition coefficient (Wildman–Crippen LogP) is 2.02. The lowest BCUT2D eigenvalue weighted by Crippen LogP contribution is -2.21. The average Bonchev–Trinajstić information content (AvgIpc) is 2.51. The number of esters is 1. The summed E-state index contributed by atoms with van der Waals surface area (Å²) in [4.78, 5) is 21.1. The Morgan fingerprint density at radius 2 is 1.83 bits per heavy atom. The molecule has 0 aliphatic carbocycles. The number of carbonyl (C=O) groups excluding carboxylic acids is 1. The number of ether oxygens (including phenoxy) is 1. The molecule has 0 saturated carbocycles. The standard InChI is InChI=1S/C15H16ClN3O4S/c1-4-23-15(20)12(9-19(2)3)24(21,22)14-13(16)17-10-7-5-6-8-11(10)18-14/h5-9H,4H2,1-3H3/b12-9+. The van der Waals surface area contributed by atoms with E-state index in [1.807, 2.05) is 0 Å². The van der Waals surface area contributed by atoms with Crippen LogP contribution in [0.5, 0.6) is 0 Å². The van der Waals surface area contributed by atoms with E-state index in [4.69, 9.17) is 16.3 Å². The van der Waals surface area contributed by atoms with Gasteiger partial charge in [-0.25, -0.2) is 23.2 Å². The third kappa shape index (κ3) is 3.65. The summed E-state index contributed by atoms with van der Waals surface area (Å²) in [5.41, 5.74) is 0.810. The van der Waals surface area contributed by atoms with Crippen LogP contribution in [0, 0.1) is 0 Å². The Bertz CT molecular complexity index is 910. The minimum absolute atomic E-state index is 0.0379. The number of hydrogen-bond acceptors (Lipinski definition) is 7. The quantitative estimate of drug-likeness (QED) is 0.588. The summed E-state index contributed by atoms with van der Waals surface area (Å²) in [6.07, 6.45) is 1.15. The second-order valence-corrected chi connectivity index (χ2v) is 7.18. The number of fused-ring (bicyclic) bond motifs is 1. The van der Waals surface area contributed by atoms with Crippen molar-refractivity contribution in [2.75, 3.05) is 20.7 Å². The topological polar surface area (TPSA) is 89.5 Å². The highest BCUT2D eigenvalue weighted by molar-refractivity contribution is 7.96. The number of hydrogen-bond donors (Lipinski definition) is 0. The zero-order valence-electron chi connectivity index (χ0n) is 13.4. The van der Waals surface area contributed by atoms with E-state index in [9.17, 15) is 13.2 Å². The van der Waals surface area contributed by atoms with Crippen LogP contribution in [0.2, 0.25) is 5.15 Å². The van der Waals surface area contributed by atoms with Gasteiger partial charge < -0.3 is 9.64 Å². The molecule has 0 N–H and O–H groups in total. The Hall–Kier alpha value is -2.19. The zero-order chi connectivity index (χ0) is 17.9. The van der Waals surface area contributed by atoms with E-state index in [1.54, 1.807) is 45.3 Å². The maximum atomic E-state index is 12.9. The minimum atomic E-state index is -4.30. The maximum Gasteiger partial charge on any atom is 0.351 e. The molecule has 0 fully saturated rings. The Balaban J connectivity index is 2.66. The fourth-order valence-electron chi connectivity index (χ4n) is 1.91. The largest absolute Gasteiger partial charge is 0.462 e. The Kier molecular flexibility index (Phi) is 5.40. The number of carbonyl (C=O) groups is 1. The molecule has 24 heavy (non-hydrogen) atoms. The average molecular weight is 370 g/mol. The normalized spacial score (nSPS) is 12.2. The van der Waals surface area contributed by atoms with Crippen molar-refractivity contribution in [2.45, 2.75) is 11.9 Å². The van der Waals surface area contributed by atoms with Crippen LogP contribution in [-0.4, -0.2) is 50.0 Å². The van der Waals surface area contributed by atoms with E-state index in [1.165, 1.54) is 4.90 Å². The van der Waals surface area contributed by atoms with Gasteiger partial charge in [-0.15, -0.1) is 0 Å². The Morgan fingerprint density at radius 1 is 1.25 bits per heavy atom. The van der Waals surface area contributed by atoms with Crippen LogP contribution in [0.15, 0.2) is 40.4 Å². The van der Waals surface area contributed by atoms with Gasteiger partial charge in [0.1, 0.15) is 0 Å². The molecular formula is C15H16ClN3O4S. The predicted molar refractivity (Wildman–Crippen MR) is 90.1 cm³/mol. The molecule has 1 aromatic carbocycles. The SMILES string of the molecule is CCOC(=O)/C(=C\N(C)C)S(=O)(=O)c1nc2ccccc2nc1Cl. The smallest absolute Gasteiger partial charge is 0.351 e. The van der Waals surface area contributed by atoms with E-state index in [0.717, 1.165) is 6.20 Å². The van der Waals surface area contributed by atoms with Gasteiger partial charge in [-0.3, -0.25) is 0 Å². The van der Waals surface area contributed by atoms with E-state index >= 15 is 0 Å². The molecule has 0 aliphatic heterocycles. The molecule has 128 valence electrons. The summed E-state index contributed by atoms with van der Waals surface area (Å²) >= 11 is 6.00. The third-order valence-corrected chi connectivity index (χ3v) is 4.92. The van der Waals surface area contributed by atoms with Crippen molar-refractivity contribution >= 4 is 38.4 Å². The molecule has 0 saturated heterocycles. The molecule has 0 aliphatic rings. The van der Waals surface area contributed by atoms with Crippen LogP contribution in [-0.2, 0) is 19.4 Å². The summed E-state index contributed by atoms with van der Waals surface area (Å²) in [6.45, 7) is 1.62. The van der Waals surface area contributed by atoms with Gasteiger partial charge in [0, 0.05) is 20.3 Å². The molecule has 0 amide bonds. The van der Waals surface area contributed by atoms with E-state index in [2.05, 4.69) is 9.97 Å².